The molecule has 2 amide bonds. The molecule has 9 nitrogen and oxygen atoms in total. The molecular weight excluding hydrogens is 318 g/mol. The molecule has 0 heterocycles. The topological polar surface area (TPSA) is 164 Å². The summed E-state index contributed by atoms with van der Waals surface area (Å²) in [5.41, 5.74) is 11.1. The van der Waals surface area contributed by atoms with E-state index in [1.165, 1.54) is 0 Å². The van der Waals surface area contributed by atoms with Crippen LogP contribution in [0, 0.1) is 0 Å². The Bertz CT molecular complexity index is 454. The van der Waals surface area contributed by atoms with E-state index in [0.717, 1.165) is 19.3 Å². The Kier molecular flexibility index (Phi) is 10.6. The van der Waals surface area contributed by atoms with E-state index in [9.17, 15) is 19.2 Å². The monoisotopic (exact) mass is 345 g/mol. The van der Waals surface area contributed by atoms with Gasteiger partial charge in [-0.15, -0.1) is 0 Å². The van der Waals surface area contributed by atoms with E-state index in [1.54, 1.807) is 0 Å². The summed E-state index contributed by atoms with van der Waals surface area (Å²) in [6.07, 6.45) is 3.47. The molecule has 9 heteroatoms. The van der Waals surface area contributed by atoms with E-state index in [2.05, 4.69) is 0 Å². The molecule has 0 aliphatic rings. The fraction of sp³-hybridized carbons (Fsp3) is 0.733. The van der Waals surface area contributed by atoms with Crippen molar-refractivity contribution in [3.05, 3.63) is 0 Å². The molecule has 2 unspecified atom stereocenters. The summed E-state index contributed by atoms with van der Waals surface area (Å²) in [6.45, 7) is 1.24. The van der Waals surface area contributed by atoms with Crippen LogP contribution in [0.25, 0.3) is 0 Å². The molecule has 0 saturated carbocycles. The van der Waals surface area contributed by atoms with Crippen LogP contribution in [-0.2, 0) is 19.2 Å². The van der Waals surface area contributed by atoms with Crippen molar-refractivity contribution in [2.45, 2.75) is 64.0 Å². The van der Waals surface area contributed by atoms with E-state index in [4.69, 9.17) is 21.7 Å². The van der Waals surface area contributed by atoms with E-state index in [0.29, 0.717) is 17.7 Å². The first kappa shape index (κ1) is 22.0. The molecule has 6 N–H and O–H groups in total. The van der Waals surface area contributed by atoms with Gasteiger partial charge in [-0.1, -0.05) is 32.6 Å². The van der Waals surface area contributed by atoms with Crippen molar-refractivity contribution in [1.29, 1.82) is 0 Å². The molecule has 0 radical (unpaired) electrons. The van der Waals surface area contributed by atoms with Crippen LogP contribution in [-0.4, -0.2) is 57.5 Å². The van der Waals surface area contributed by atoms with Gasteiger partial charge in [-0.25, -0.2) is 0 Å². The highest BCUT2D eigenvalue weighted by atomic mass is 16.4. The van der Waals surface area contributed by atoms with Crippen molar-refractivity contribution in [1.82, 2.24) is 4.90 Å². The maximum atomic E-state index is 12.2. The van der Waals surface area contributed by atoms with Crippen LogP contribution in [0.2, 0.25) is 0 Å². The van der Waals surface area contributed by atoms with Crippen LogP contribution in [0.3, 0.4) is 0 Å². The van der Waals surface area contributed by atoms with Crippen LogP contribution < -0.4 is 11.5 Å². The third-order valence-electron chi connectivity index (χ3n) is 3.53. The van der Waals surface area contributed by atoms with Gasteiger partial charge in [-0.3, -0.25) is 24.1 Å². The molecule has 0 saturated heterocycles. The molecule has 0 bridgehead atoms. The van der Waals surface area contributed by atoms with Gasteiger partial charge in [0.25, 0.3) is 0 Å². The summed E-state index contributed by atoms with van der Waals surface area (Å²) in [7, 11) is 0. The standard InChI is InChI=1S/C15H27N3O6/c1-2-3-4-5-6-10(16)14(22)18(9-13(20)21)12(19)8-7-11(17)15(23)24/h10-11H,2-9,16-17H2,1H3,(H,20,21)(H,23,24). The molecule has 0 aromatic carbocycles. The lowest BCUT2D eigenvalue weighted by Crippen LogP contribution is -2.49. The minimum Gasteiger partial charge on any atom is -0.480 e. The average molecular weight is 345 g/mol. The Balaban J connectivity index is 4.72. The number of nitrogens with two attached hydrogens (primary N) is 2. The van der Waals surface area contributed by atoms with Gasteiger partial charge < -0.3 is 21.7 Å². The van der Waals surface area contributed by atoms with Crippen LogP contribution in [0.1, 0.15) is 51.9 Å². The number of carbonyl (C=O) groups excluding carboxylic acids is 2. The first-order valence-corrected chi connectivity index (χ1v) is 8.00. The highest BCUT2D eigenvalue weighted by molar-refractivity contribution is 6.00. The van der Waals surface area contributed by atoms with Gasteiger partial charge in [-0.2, -0.15) is 0 Å². The molecule has 0 fully saturated rings. The molecule has 0 aromatic heterocycles. The Morgan fingerprint density at radius 3 is 2.08 bits per heavy atom. The molecule has 0 aliphatic carbocycles. The summed E-state index contributed by atoms with van der Waals surface area (Å²) in [5.74, 6) is -4.17. The number of rotatable bonds is 12. The smallest absolute Gasteiger partial charge is 0.323 e. The molecular formula is C15H27N3O6. The van der Waals surface area contributed by atoms with Gasteiger partial charge in [0, 0.05) is 6.42 Å². The number of carboxylic acids is 2. The second-order valence-electron chi connectivity index (χ2n) is 5.65. The number of carboxylic acid groups (broad SMARTS) is 2. The second-order valence-corrected chi connectivity index (χ2v) is 5.65. The lowest BCUT2D eigenvalue weighted by atomic mass is 10.1. The summed E-state index contributed by atoms with van der Waals surface area (Å²) in [4.78, 5) is 46.4. The number of amides is 2. The van der Waals surface area contributed by atoms with Crippen molar-refractivity contribution < 1.29 is 29.4 Å². The highest BCUT2D eigenvalue weighted by Crippen LogP contribution is 2.09. The van der Waals surface area contributed by atoms with Crippen LogP contribution >= 0.6 is 0 Å². The maximum Gasteiger partial charge on any atom is 0.323 e. The molecule has 0 rings (SSSR count). The predicted molar refractivity (Wildman–Crippen MR) is 85.9 cm³/mol. The number of nitrogens with zero attached hydrogens (tertiary/aromatic N) is 1. The predicted octanol–water partition coefficient (Wildman–Crippen LogP) is -0.0840. The number of unbranched alkanes of at least 4 members (excludes halogenated alkanes) is 3. The Morgan fingerprint density at radius 1 is 0.958 bits per heavy atom. The highest BCUT2D eigenvalue weighted by Gasteiger charge is 2.28. The zero-order chi connectivity index (χ0) is 18.7. The van der Waals surface area contributed by atoms with E-state index in [-0.39, 0.29) is 12.8 Å². The Hall–Kier alpha value is -2.00. The SMILES string of the molecule is CCCCCCC(N)C(=O)N(CC(=O)O)C(=O)CCC(N)C(=O)O. The minimum atomic E-state index is -1.35. The fourth-order valence-electron chi connectivity index (χ4n) is 2.08. The van der Waals surface area contributed by atoms with E-state index < -0.39 is 42.4 Å². The van der Waals surface area contributed by atoms with E-state index >= 15 is 0 Å². The fourth-order valence-corrected chi connectivity index (χ4v) is 2.08. The number of aliphatic carboxylic acids is 2. The quantitative estimate of drug-likeness (QED) is 0.356. The number of carbonyl (C=O) groups is 4. The van der Waals surface area contributed by atoms with Gasteiger partial charge in [0.15, 0.2) is 0 Å². The first-order chi connectivity index (χ1) is 11.2. The molecule has 0 aliphatic heterocycles. The van der Waals surface area contributed by atoms with Gasteiger partial charge in [-0.05, 0) is 12.8 Å². The number of hydrogen-bond acceptors (Lipinski definition) is 6. The zero-order valence-electron chi connectivity index (χ0n) is 13.9. The first-order valence-electron chi connectivity index (χ1n) is 8.00. The number of imide groups is 1. The van der Waals surface area contributed by atoms with Crippen molar-refractivity contribution in [2.24, 2.45) is 11.5 Å². The second kappa shape index (κ2) is 11.5. The summed E-state index contributed by atoms with van der Waals surface area (Å²) in [5, 5.41) is 17.6. The van der Waals surface area contributed by atoms with Gasteiger partial charge in [0.2, 0.25) is 11.8 Å². The Morgan fingerprint density at radius 2 is 1.58 bits per heavy atom. The normalized spacial score (nSPS) is 13.1. The number of hydrogen-bond donors (Lipinski definition) is 4. The largest absolute Gasteiger partial charge is 0.480 e. The Labute approximate surface area is 141 Å². The molecule has 0 aromatic rings. The average Bonchev–Trinajstić information content (AvgIpc) is 2.52. The summed E-state index contributed by atoms with van der Waals surface area (Å²) in [6, 6.07) is -2.21. The van der Waals surface area contributed by atoms with Gasteiger partial charge in [0.1, 0.15) is 12.6 Å². The van der Waals surface area contributed by atoms with Gasteiger partial charge >= 0.3 is 11.9 Å². The van der Waals surface area contributed by atoms with Crippen molar-refractivity contribution in [2.75, 3.05) is 6.54 Å². The lowest BCUT2D eigenvalue weighted by Gasteiger charge is -2.23. The molecule has 0 spiro atoms. The summed E-state index contributed by atoms with van der Waals surface area (Å²) >= 11 is 0. The van der Waals surface area contributed by atoms with Gasteiger partial charge in [0.05, 0.1) is 6.04 Å². The molecule has 24 heavy (non-hydrogen) atoms. The lowest BCUT2D eigenvalue weighted by molar-refractivity contribution is -0.153. The maximum absolute atomic E-state index is 12.2. The van der Waals surface area contributed by atoms with Crippen LogP contribution in [0.15, 0.2) is 0 Å². The van der Waals surface area contributed by atoms with Crippen LogP contribution in [0.5, 0.6) is 0 Å². The third-order valence-corrected chi connectivity index (χ3v) is 3.53. The third kappa shape index (κ3) is 8.59. The zero-order valence-corrected chi connectivity index (χ0v) is 13.9. The molecule has 138 valence electrons. The van der Waals surface area contributed by atoms with Crippen molar-refractivity contribution in [3.63, 3.8) is 0 Å². The van der Waals surface area contributed by atoms with Crippen LogP contribution in [0.4, 0.5) is 0 Å². The van der Waals surface area contributed by atoms with Crippen molar-refractivity contribution >= 4 is 23.8 Å². The molecule has 2 atom stereocenters. The minimum absolute atomic E-state index is 0.191. The summed E-state index contributed by atoms with van der Waals surface area (Å²) < 4.78 is 0. The van der Waals surface area contributed by atoms with Crippen molar-refractivity contribution in [3.8, 4) is 0 Å². The van der Waals surface area contributed by atoms with E-state index in [1.807, 2.05) is 6.92 Å².